The van der Waals surface area contributed by atoms with E-state index in [1.54, 1.807) is 12.4 Å². The SMILES string of the molecule is O=C1c2cccc(-c3ccncc3)c2CN1CCc1cn2ccccc2n1. The van der Waals surface area contributed by atoms with Crippen molar-refractivity contribution in [1.29, 1.82) is 0 Å². The molecule has 5 heteroatoms. The van der Waals surface area contributed by atoms with Gasteiger partial charge in [0, 0.05) is 49.9 Å². The molecule has 1 aromatic carbocycles. The van der Waals surface area contributed by atoms with Crippen LogP contribution in [0.4, 0.5) is 0 Å². The average Bonchev–Trinajstić information content (AvgIpc) is 3.27. The Balaban J connectivity index is 1.38. The molecule has 5 rings (SSSR count). The standard InChI is InChI=1S/C22H18N4O/c27-22-19-5-3-4-18(16-7-10-23-11-8-16)20(19)15-26(22)13-9-17-14-25-12-2-1-6-21(25)24-17/h1-8,10-12,14H,9,13,15H2. The topological polar surface area (TPSA) is 50.5 Å². The summed E-state index contributed by atoms with van der Waals surface area (Å²) >= 11 is 0. The predicted molar refractivity (Wildman–Crippen MR) is 103 cm³/mol. The molecule has 1 aliphatic rings. The van der Waals surface area contributed by atoms with Crippen molar-refractivity contribution >= 4 is 11.6 Å². The van der Waals surface area contributed by atoms with Crippen molar-refractivity contribution in [3.05, 3.63) is 90.1 Å². The number of benzene rings is 1. The molecule has 0 aliphatic carbocycles. The number of carbonyl (C=O) groups is 1. The van der Waals surface area contributed by atoms with Crippen LogP contribution in [0.25, 0.3) is 16.8 Å². The molecule has 0 saturated heterocycles. The van der Waals surface area contributed by atoms with E-state index in [1.165, 1.54) is 0 Å². The lowest BCUT2D eigenvalue weighted by molar-refractivity contribution is 0.0780. The van der Waals surface area contributed by atoms with E-state index in [9.17, 15) is 4.79 Å². The minimum absolute atomic E-state index is 0.102. The molecule has 0 saturated carbocycles. The van der Waals surface area contributed by atoms with Gasteiger partial charge >= 0.3 is 0 Å². The number of imidazole rings is 1. The largest absolute Gasteiger partial charge is 0.334 e. The molecule has 27 heavy (non-hydrogen) atoms. The summed E-state index contributed by atoms with van der Waals surface area (Å²) in [7, 11) is 0. The summed E-state index contributed by atoms with van der Waals surface area (Å²) in [5.74, 6) is 0.102. The normalized spacial score (nSPS) is 13.3. The first-order chi connectivity index (χ1) is 13.3. The first-order valence-corrected chi connectivity index (χ1v) is 9.04. The highest BCUT2D eigenvalue weighted by atomic mass is 16.2. The summed E-state index contributed by atoms with van der Waals surface area (Å²) in [6.07, 6.45) is 8.33. The van der Waals surface area contributed by atoms with Gasteiger partial charge in [0.05, 0.1) is 5.69 Å². The third-order valence-electron chi connectivity index (χ3n) is 5.09. The Morgan fingerprint density at radius 1 is 0.963 bits per heavy atom. The second-order valence-corrected chi connectivity index (χ2v) is 6.74. The fourth-order valence-electron chi connectivity index (χ4n) is 3.73. The minimum Gasteiger partial charge on any atom is -0.334 e. The highest BCUT2D eigenvalue weighted by molar-refractivity contribution is 6.00. The number of nitrogens with zero attached hydrogens (tertiary/aromatic N) is 4. The number of carbonyl (C=O) groups excluding carboxylic acids is 1. The van der Waals surface area contributed by atoms with E-state index in [2.05, 4.69) is 16.0 Å². The van der Waals surface area contributed by atoms with Crippen molar-refractivity contribution < 1.29 is 4.79 Å². The molecule has 1 aliphatic heterocycles. The molecular weight excluding hydrogens is 336 g/mol. The summed E-state index contributed by atoms with van der Waals surface area (Å²) in [6, 6.07) is 15.9. The zero-order valence-electron chi connectivity index (χ0n) is 14.7. The molecule has 4 heterocycles. The number of pyridine rings is 2. The third kappa shape index (κ3) is 2.77. The van der Waals surface area contributed by atoms with Gasteiger partial charge in [0.2, 0.25) is 0 Å². The number of amides is 1. The first-order valence-electron chi connectivity index (χ1n) is 9.04. The lowest BCUT2D eigenvalue weighted by Gasteiger charge is -2.14. The maximum Gasteiger partial charge on any atom is 0.254 e. The van der Waals surface area contributed by atoms with Gasteiger partial charge in [-0.25, -0.2) is 4.98 Å². The van der Waals surface area contributed by atoms with Gasteiger partial charge in [0.1, 0.15) is 5.65 Å². The van der Waals surface area contributed by atoms with Crippen LogP contribution in [0.1, 0.15) is 21.6 Å². The van der Waals surface area contributed by atoms with Gasteiger partial charge in [-0.15, -0.1) is 0 Å². The fourth-order valence-corrected chi connectivity index (χ4v) is 3.73. The number of fused-ring (bicyclic) bond motifs is 2. The zero-order chi connectivity index (χ0) is 18.2. The average molecular weight is 354 g/mol. The maximum atomic E-state index is 12.9. The van der Waals surface area contributed by atoms with Crippen molar-refractivity contribution in [2.75, 3.05) is 6.54 Å². The lowest BCUT2D eigenvalue weighted by atomic mass is 9.98. The Labute approximate surface area is 156 Å². The summed E-state index contributed by atoms with van der Waals surface area (Å²) in [6.45, 7) is 1.30. The highest BCUT2D eigenvalue weighted by Crippen LogP contribution is 2.32. The molecule has 4 aromatic rings. The predicted octanol–water partition coefficient (Wildman–Crippen LogP) is 3.59. The molecule has 3 aromatic heterocycles. The van der Waals surface area contributed by atoms with Gasteiger partial charge < -0.3 is 9.30 Å². The van der Waals surface area contributed by atoms with Gasteiger partial charge in [-0.3, -0.25) is 9.78 Å². The molecule has 0 bridgehead atoms. The number of hydrogen-bond donors (Lipinski definition) is 0. The van der Waals surface area contributed by atoms with Crippen LogP contribution in [0.3, 0.4) is 0 Å². The number of rotatable bonds is 4. The Bertz CT molecular complexity index is 1100. The molecule has 0 spiro atoms. The maximum absolute atomic E-state index is 12.9. The Hall–Kier alpha value is -3.47. The minimum atomic E-state index is 0.102. The Morgan fingerprint density at radius 2 is 1.81 bits per heavy atom. The molecular formula is C22H18N4O. The van der Waals surface area contributed by atoms with E-state index in [4.69, 9.17) is 0 Å². The monoisotopic (exact) mass is 354 g/mol. The van der Waals surface area contributed by atoms with Gasteiger partial charge in [0.25, 0.3) is 5.91 Å². The van der Waals surface area contributed by atoms with Crippen molar-refractivity contribution in [3.63, 3.8) is 0 Å². The fraction of sp³-hybridized carbons (Fsp3) is 0.136. The Morgan fingerprint density at radius 3 is 2.67 bits per heavy atom. The zero-order valence-corrected chi connectivity index (χ0v) is 14.7. The van der Waals surface area contributed by atoms with Gasteiger partial charge in [-0.2, -0.15) is 0 Å². The summed E-state index contributed by atoms with van der Waals surface area (Å²) in [5.41, 5.74) is 6.04. The van der Waals surface area contributed by atoms with Crippen LogP contribution in [0, 0.1) is 0 Å². The van der Waals surface area contributed by atoms with Crippen molar-refractivity contribution in [2.24, 2.45) is 0 Å². The van der Waals surface area contributed by atoms with Crippen LogP contribution in [-0.2, 0) is 13.0 Å². The van der Waals surface area contributed by atoms with Crippen LogP contribution in [0.2, 0.25) is 0 Å². The third-order valence-corrected chi connectivity index (χ3v) is 5.09. The van der Waals surface area contributed by atoms with E-state index in [1.807, 2.05) is 64.2 Å². The summed E-state index contributed by atoms with van der Waals surface area (Å²) in [4.78, 5) is 23.5. The van der Waals surface area contributed by atoms with Crippen molar-refractivity contribution in [2.45, 2.75) is 13.0 Å². The smallest absolute Gasteiger partial charge is 0.254 e. The quantitative estimate of drug-likeness (QED) is 0.563. The molecule has 0 unspecified atom stereocenters. The number of aromatic nitrogens is 3. The first kappa shape index (κ1) is 15.8. The van der Waals surface area contributed by atoms with Gasteiger partial charge in [0.15, 0.2) is 0 Å². The molecule has 0 radical (unpaired) electrons. The highest BCUT2D eigenvalue weighted by Gasteiger charge is 2.29. The molecule has 5 nitrogen and oxygen atoms in total. The van der Waals surface area contributed by atoms with E-state index in [-0.39, 0.29) is 5.91 Å². The van der Waals surface area contributed by atoms with Crippen molar-refractivity contribution in [1.82, 2.24) is 19.3 Å². The molecule has 1 amide bonds. The molecule has 0 atom stereocenters. The van der Waals surface area contributed by atoms with Crippen LogP contribution >= 0.6 is 0 Å². The Kier molecular flexibility index (Phi) is 3.71. The second kappa shape index (κ2) is 6.36. The molecule has 132 valence electrons. The van der Waals surface area contributed by atoms with Crippen molar-refractivity contribution in [3.8, 4) is 11.1 Å². The van der Waals surface area contributed by atoms with E-state index in [0.29, 0.717) is 13.1 Å². The van der Waals surface area contributed by atoms with Crippen LogP contribution in [0.15, 0.2) is 73.3 Å². The van der Waals surface area contributed by atoms with Gasteiger partial charge in [-0.1, -0.05) is 18.2 Å². The van der Waals surface area contributed by atoms with Crippen LogP contribution in [-0.4, -0.2) is 31.7 Å². The van der Waals surface area contributed by atoms with Gasteiger partial charge in [-0.05, 0) is 47.0 Å². The molecule has 0 N–H and O–H groups in total. The van der Waals surface area contributed by atoms with E-state index in [0.717, 1.165) is 40.0 Å². The summed E-state index contributed by atoms with van der Waals surface area (Å²) < 4.78 is 2.01. The number of hydrogen-bond acceptors (Lipinski definition) is 3. The van der Waals surface area contributed by atoms with Crippen LogP contribution < -0.4 is 0 Å². The molecule has 0 fully saturated rings. The summed E-state index contributed by atoms with van der Waals surface area (Å²) in [5, 5.41) is 0. The lowest BCUT2D eigenvalue weighted by Crippen LogP contribution is -2.26. The second-order valence-electron chi connectivity index (χ2n) is 6.74. The van der Waals surface area contributed by atoms with Crippen LogP contribution in [0.5, 0.6) is 0 Å². The van der Waals surface area contributed by atoms with E-state index >= 15 is 0 Å². The van der Waals surface area contributed by atoms with E-state index < -0.39 is 0 Å².